The molecule has 128 valence electrons. The Kier molecular flexibility index (Phi) is 17.8. The first kappa shape index (κ1) is 26.9. The molecule has 24 heavy (non-hydrogen) atoms. The monoisotopic (exact) mass is 369 g/mol. The van der Waals surface area contributed by atoms with E-state index in [4.69, 9.17) is 24.4 Å². The molecule has 0 bridgehead atoms. The number of hydrogen-bond donors (Lipinski definition) is 1. The molecule has 0 unspecified atom stereocenters. The number of nitrogen functional groups attached to an aromatic ring is 1. The van der Waals surface area contributed by atoms with Gasteiger partial charge in [-0.2, -0.15) is 0 Å². The van der Waals surface area contributed by atoms with E-state index in [1.165, 1.54) is 5.56 Å². The second-order valence-corrected chi connectivity index (χ2v) is 4.49. The van der Waals surface area contributed by atoms with E-state index in [-0.39, 0.29) is 17.1 Å². The molecule has 0 saturated heterocycles. The van der Waals surface area contributed by atoms with Crippen LogP contribution in [0.5, 0.6) is 5.75 Å². The first-order valence-corrected chi connectivity index (χ1v) is 6.53. The predicted octanol–water partition coefficient (Wildman–Crippen LogP) is 3.38. The van der Waals surface area contributed by atoms with Crippen LogP contribution < -0.4 is 10.5 Å². The Morgan fingerprint density at radius 3 is 2.00 bits per heavy atom. The Morgan fingerprint density at radius 1 is 1.04 bits per heavy atom. The zero-order valence-corrected chi connectivity index (χ0v) is 14.8. The van der Waals surface area contributed by atoms with Gasteiger partial charge in [0.05, 0.1) is 7.11 Å². The summed E-state index contributed by atoms with van der Waals surface area (Å²) in [7, 11) is 1.71. The summed E-state index contributed by atoms with van der Waals surface area (Å²) >= 11 is 0. The Morgan fingerprint density at radius 2 is 1.58 bits per heavy atom. The van der Waals surface area contributed by atoms with Crippen LogP contribution in [0.1, 0.15) is 29.0 Å². The van der Waals surface area contributed by atoms with E-state index in [1.807, 2.05) is 6.92 Å². The maximum absolute atomic E-state index is 7.50. The van der Waals surface area contributed by atoms with E-state index >= 15 is 0 Å². The normalized spacial score (nSPS) is 13.3. The van der Waals surface area contributed by atoms with Crippen molar-refractivity contribution in [2.45, 2.75) is 26.2 Å². The zero-order chi connectivity index (χ0) is 18.4. The fraction of sp³-hybridized carbons (Fsp3) is 0.278. The fourth-order valence-electron chi connectivity index (χ4n) is 2.26. The maximum atomic E-state index is 7.50. The van der Waals surface area contributed by atoms with Crippen LogP contribution >= 0.6 is 0 Å². The Hall–Kier alpha value is -1.96. The van der Waals surface area contributed by atoms with Crippen molar-refractivity contribution in [1.82, 2.24) is 0 Å². The standard InChI is InChI=1S/C15H19NO.3CO.Fe/c1-10-11(2)15(16)13(9-14(10)17-3)12-7-5-4-6-8-12;3*1-2;/h4-7,9,12H,8,16H2,1-3H3;;;;/t12-;;;;/m0..../s1. The molecule has 0 fully saturated rings. The van der Waals surface area contributed by atoms with Crippen molar-refractivity contribution in [3.63, 3.8) is 0 Å². The first-order chi connectivity index (χ1) is 11.1. The molecule has 0 spiro atoms. The van der Waals surface area contributed by atoms with Crippen LogP contribution in [0.15, 0.2) is 30.4 Å². The summed E-state index contributed by atoms with van der Waals surface area (Å²) in [6.07, 6.45) is 9.53. The summed E-state index contributed by atoms with van der Waals surface area (Å²) in [5.74, 6) is 1.29. The van der Waals surface area contributed by atoms with Gasteiger partial charge < -0.3 is 10.5 Å². The molecule has 2 N–H and O–H groups in total. The SMILES string of the molecule is COc1cc([C@H]2C=CC=CC2)c(N)c(C)c1C.[C-]#[O+].[C-]#[O+].[C-]#[O+].[Fe]. The van der Waals surface area contributed by atoms with Gasteiger partial charge in [0, 0.05) is 28.7 Å². The number of hydrogen-bond acceptors (Lipinski definition) is 2. The average Bonchev–Trinajstić information content (AvgIpc) is 2.66. The van der Waals surface area contributed by atoms with Crippen LogP contribution in [0.25, 0.3) is 0 Å². The van der Waals surface area contributed by atoms with Gasteiger partial charge in [-0.05, 0) is 43.0 Å². The fourth-order valence-corrected chi connectivity index (χ4v) is 2.26. The van der Waals surface area contributed by atoms with E-state index in [0.29, 0.717) is 5.92 Å². The van der Waals surface area contributed by atoms with E-state index in [0.717, 1.165) is 29.0 Å². The third kappa shape index (κ3) is 7.08. The quantitative estimate of drug-likeness (QED) is 0.374. The van der Waals surface area contributed by atoms with E-state index in [1.54, 1.807) is 7.11 Å². The number of ether oxygens (including phenoxy) is 1. The molecule has 1 atom stereocenters. The van der Waals surface area contributed by atoms with Crippen molar-refractivity contribution in [2.24, 2.45) is 0 Å². The van der Waals surface area contributed by atoms with Crippen LogP contribution in [0.3, 0.4) is 0 Å². The number of rotatable bonds is 2. The molecule has 0 amide bonds. The molecule has 0 saturated carbocycles. The van der Waals surface area contributed by atoms with Gasteiger partial charge in [0.25, 0.3) is 0 Å². The molecule has 0 aliphatic heterocycles. The maximum Gasteiger partial charge on any atom is 0 e. The largest absolute Gasteiger partial charge is 0 e. The molecule has 1 aliphatic rings. The Balaban J connectivity index is -0.000000569. The van der Waals surface area contributed by atoms with E-state index in [2.05, 4.69) is 57.2 Å². The summed E-state index contributed by atoms with van der Waals surface area (Å²) in [6, 6.07) is 2.08. The minimum Gasteiger partial charge on any atom is 0 e. The molecule has 1 aromatic rings. The summed E-state index contributed by atoms with van der Waals surface area (Å²) in [6.45, 7) is 17.6. The van der Waals surface area contributed by atoms with Crippen LogP contribution in [0.4, 0.5) is 5.69 Å². The third-order valence-corrected chi connectivity index (χ3v) is 3.53. The van der Waals surface area contributed by atoms with Crippen LogP contribution in [-0.2, 0) is 31.0 Å². The van der Waals surface area contributed by atoms with Crippen molar-refractivity contribution >= 4 is 5.69 Å². The summed E-state index contributed by atoms with van der Waals surface area (Å²) < 4.78 is 27.9. The van der Waals surface area contributed by atoms with Crippen molar-refractivity contribution in [1.29, 1.82) is 0 Å². The van der Waals surface area contributed by atoms with Gasteiger partial charge in [-0.25, -0.2) is 0 Å². The van der Waals surface area contributed by atoms with Crippen LogP contribution in [-0.4, -0.2) is 7.11 Å². The second-order valence-electron chi connectivity index (χ2n) is 4.49. The van der Waals surface area contributed by atoms with Gasteiger partial charge in [-0.1, -0.05) is 24.3 Å². The van der Waals surface area contributed by atoms with Crippen LogP contribution in [0.2, 0.25) is 0 Å². The van der Waals surface area contributed by atoms with Gasteiger partial charge in [-0.15, -0.1) is 0 Å². The smallest absolute Gasteiger partial charge is 0 e. The number of methoxy groups -OCH3 is 1. The van der Waals surface area contributed by atoms with E-state index in [9.17, 15) is 0 Å². The zero-order valence-electron chi connectivity index (χ0n) is 13.7. The predicted molar refractivity (Wildman–Crippen MR) is 84.3 cm³/mol. The molecule has 0 aromatic heterocycles. The second kappa shape index (κ2) is 15.9. The minimum absolute atomic E-state index is 0. The van der Waals surface area contributed by atoms with E-state index < -0.39 is 0 Å². The molecular formula is C18H19FeNO4. The third-order valence-electron chi connectivity index (χ3n) is 3.53. The van der Waals surface area contributed by atoms with Crippen LogP contribution in [0, 0.1) is 33.8 Å². The minimum atomic E-state index is 0. The van der Waals surface area contributed by atoms with Gasteiger partial charge in [0.15, 0.2) is 0 Å². The molecule has 1 aromatic carbocycles. The van der Waals surface area contributed by atoms with Crippen molar-refractivity contribution < 1.29 is 35.8 Å². The molecule has 1 aliphatic carbocycles. The average molecular weight is 369 g/mol. The summed E-state index contributed by atoms with van der Waals surface area (Å²) in [5.41, 5.74) is 10.5. The molecule has 5 nitrogen and oxygen atoms in total. The molecule has 0 heterocycles. The van der Waals surface area contributed by atoms with Gasteiger partial charge in [0.2, 0.25) is 0 Å². The number of anilines is 1. The van der Waals surface area contributed by atoms with Crippen molar-refractivity contribution in [3.8, 4) is 5.75 Å². The Bertz CT molecular complexity index is 601. The van der Waals surface area contributed by atoms with Gasteiger partial charge >= 0.3 is 33.9 Å². The molecular weight excluding hydrogens is 350 g/mol. The van der Waals surface area contributed by atoms with Gasteiger partial charge in [-0.3, -0.25) is 0 Å². The summed E-state index contributed by atoms with van der Waals surface area (Å²) in [5, 5.41) is 0. The molecule has 6 heteroatoms. The first-order valence-electron chi connectivity index (χ1n) is 6.53. The molecule has 0 radical (unpaired) electrons. The van der Waals surface area contributed by atoms with Gasteiger partial charge in [0.1, 0.15) is 5.75 Å². The topological polar surface area (TPSA) is 94.9 Å². The number of benzene rings is 1. The number of allylic oxidation sites excluding steroid dienone is 4. The number of nitrogens with two attached hydrogens (primary N) is 1. The Labute approximate surface area is 153 Å². The van der Waals surface area contributed by atoms with Crippen molar-refractivity contribution in [3.05, 3.63) is 67.0 Å². The molecule has 2 rings (SSSR count). The van der Waals surface area contributed by atoms with Crippen molar-refractivity contribution in [2.75, 3.05) is 12.8 Å². The summed E-state index contributed by atoms with van der Waals surface area (Å²) in [4.78, 5) is 0.